The zero-order valence-electron chi connectivity index (χ0n) is 16.1. The average Bonchev–Trinajstić information content (AvgIpc) is 2.89. The summed E-state index contributed by atoms with van der Waals surface area (Å²) in [5.74, 6) is 1.06. The summed E-state index contributed by atoms with van der Waals surface area (Å²) < 4.78 is 1.86. The Morgan fingerprint density at radius 1 is 1.20 bits per heavy atom. The van der Waals surface area contributed by atoms with Crippen molar-refractivity contribution in [1.82, 2.24) is 15.1 Å². The topological polar surface area (TPSA) is 59.0 Å². The Balaban J connectivity index is 2.03. The van der Waals surface area contributed by atoms with Crippen molar-refractivity contribution in [2.24, 2.45) is 5.92 Å². The average molecular weight is 342 g/mol. The second kappa shape index (κ2) is 7.83. The largest absolute Gasteiger partial charge is 0.310 e. The zero-order valence-corrected chi connectivity index (χ0v) is 16.1. The molecule has 1 amide bonds. The minimum atomic E-state index is -0.186. The van der Waals surface area contributed by atoms with Gasteiger partial charge in [-0.2, -0.15) is 5.10 Å². The number of hydrogen-bond acceptors (Lipinski definition) is 3. The van der Waals surface area contributed by atoms with E-state index in [4.69, 9.17) is 0 Å². The number of carbonyl (C=O) groups excluding carboxylic acids is 1. The molecule has 5 heteroatoms. The first-order valence-corrected chi connectivity index (χ1v) is 8.84. The summed E-state index contributed by atoms with van der Waals surface area (Å²) >= 11 is 0. The number of rotatable bonds is 6. The van der Waals surface area contributed by atoms with Crippen LogP contribution in [0.15, 0.2) is 36.4 Å². The van der Waals surface area contributed by atoms with Gasteiger partial charge in [-0.1, -0.05) is 44.2 Å². The van der Waals surface area contributed by atoms with E-state index in [-0.39, 0.29) is 24.0 Å². The highest BCUT2D eigenvalue weighted by Crippen LogP contribution is 2.22. The van der Waals surface area contributed by atoms with E-state index in [1.807, 2.05) is 35.9 Å². The fourth-order valence-corrected chi connectivity index (χ4v) is 2.89. The van der Waals surface area contributed by atoms with E-state index < -0.39 is 0 Å². The van der Waals surface area contributed by atoms with Gasteiger partial charge in [0.25, 0.3) is 0 Å². The quantitative estimate of drug-likeness (QED) is 0.838. The van der Waals surface area contributed by atoms with Crippen molar-refractivity contribution in [2.75, 3.05) is 11.9 Å². The predicted molar refractivity (Wildman–Crippen MR) is 103 cm³/mol. The number of amides is 1. The Hall–Kier alpha value is -2.14. The molecule has 2 N–H and O–H groups in total. The van der Waals surface area contributed by atoms with Crippen LogP contribution < -0.4 is 10.6 Å². The zero-order chi connectivity index (χ0) is 18.6. The first kappa shape index (κ1) is 19.2. The predicted octanol–water partition coefficient (Wildman–Crippen LogP) is 3.87. The lowest BCUT2D eigenvalue weighted by Crippen LogP contribution is -2.35. The fraction of sp³-hybridized carbons (Fsp3) is 0.500. The van der Waals surface area contributed by atoms with E-state index in [2.05, 4.69) is 62.5 Å². The molecule has 136 valence electrons. The monoisotopic (exact) mass is 342 g/mol. The molecule has 2 rings (SSSR count). The minimum absolute atomic E-state index is 0.0630. The molecule has 2 aromatic rings. The normalized spacial score (nSPS) is 13.1. The van der Waals surface area contributed by atoms with Crippen LogP contribution in [0.4, 0.5) is 5.82 Å². The third kappa shape index (κ3) is 5.16. The fourth-order valence-electron chi connectivity index (χ4n) is 2.89. The molecule has 1 atom stereocenters. The van der Waals surface area contributed by atoms with Crippen LogP contribution in [-0.2, 0) is 10.3 Å². The molecule has 0 fully saturated rings. The SMILES string of the molecule is Cc1cc(NC(=O)CNC(c2ccccc2)C(C)C)n(C(C)(C)C)n1. The first-order valence-electron chi connectivity index (χ1n) is 8.84. The highest BCUT2D eigenvalue weighted by Gasteiger charge is 2.21. The number of anilines is 1. The van der Waals surface area contributed by atoms with Crippen molar-refractivity contribution in [3.63, 3.8) is 0 Å². The molecule has 1 heterocycles. The number of hydrogen-bond donors (Lipinski definition) is 2. The van der Waals surface area contributed by atoms with Gasteiger partial charge < -0.3 is 10.6 Å². The van der Waals surface area contributed by atoms with Crippen molar-refractivity contribution in [3.05, 3.63) is 47.7 Å². The Morgan fingerprint density at radius 2 is 1.84 bits per heavy atom. The lowest BCUT2D eigenvalue weighted by atomic mass is 9.96. The van der Waals surface area contributed by atoms with Crippen LogP contribution in [0.3, 0.4) is 0 Å². The third-order valence-corrected chi connectivity index (χ3v) is 4.04. The maximum atomic E-state index is 12.4. The first-order chi connectivity index (χ1) is 11.7. The van der Waals surface area contributed by atoms with Crippen molar-refractivity contribution < 1.29 is 4.79 Å². The molecule has 0 aliphatic rings. The molecule has 0 bridgehead atoms. The summed E-state index contributed by atoms with van der Waals surface area (Å²) in [5, 5.41) is 10.8. The van der Waals surface area contributed by atoms with Crippen LogP contribution in [-0.4, -0.2) is 22.2 Å². The Bertz CT molecular complexity index is 698. The van der Waals surface area contributed by atoms with Crippen LogP contribution in [0, 0.1) is 12.8 Å². The van der Waals surface area contributed by atoms with E-state index in [9.17, 15) is 4.79 Å². The van der Waals surface area contributed by atoms with E-state index in [0.29, 0.717) is 5.92 Å². The van der Waals surface area contributed by atoms with Crippen molar-refractivity contribution in [1.29, 1.82) is 0 Å². The van der Waals surface area contributed by atoms with Gasteiger partial charge in [0.1, 0.15) is 5.82 Å². The number of aromatic nitrogens is 2. The summed E-state index contributed by atoms with van der Waals surface area (Å²) in [6.07, 6.45) is 0. The molecule has 0 saturated carbocycles. The second-order valence-corrected chi connectivity index (χ2v) is 7.82. The van der Waals surface area contributed by atoms with Crippen LogP contribution in [0.25, 0.3) is 0 Å². The highest BCUT2D eigenvalue weighted by molar-refractivity contribution is 5.91. The third-order valence-electron chi connectivity index (χ3n) is 4.04. The van der Waals surface area contributed by atoms with Gasteiger partial charge in [0, 0.05) is 12.1 Å². The van der Waals surface area contributed by atoms with Gasteiger partial charge in [-0.15, -0.1) is 0 Å². The van der Waals surface area contributed by atoms with E-state index in [0.717, 1.165) is 11.5 Å². The van der Waals surface area contributed by atoms with Crippen LogP contribution in [0.1, 0.15) is 51.9 Å². The van der Waals surface area contributed by atoms with Gasteiger partial charge in [0.05, 0.1) is 17.8 Å². The smallest absolute Gasteiger partial charge is 0.239 e. The number of carbonyl (C=O) groups is 1. The van der Waals surface area contributed by atoms with Gasteiger partial charge in [-0.25, -0.2) is 4.68 Å². The lowest BCUT2D eigenvalue weighted by Gasteiger charge is -2.24. The van der Waals surface area contributed by atoms with Gasteiger partial charge in [-0.3, -0.25) is 4.79 Å². The maximum absolute atomic E-state index is 12.4. The molecule has 0 aliphatic carbocycles. The number of nitrogens with one attached hydrogen (secondary N) is 2. The molecule has 1 aromatic heterocycles. The Morgan fingerprint density at radius 3 is 2.40 bits per heavy atom. The summed E-state index contributed by atoms with van der Waals surface area (Å²) in [6, 6.07) is 12.3. The van der Waals surface area contributed by atoms with Gasteiger partial charge in [0.15, 0.2) is 0 Å². The van der Waals surface area contributed by atoms with E-state index in [1.165, 1.54) is 5.56 Å². The number of aryl methyl sites for hydroxylation is 1. The lowest BCUT2D eigenvalue weighted by molar-refractivity contribution is -0.115. The molecule has 0 radical (unpaired) electrons. The van der Waals surface area contributed by atoms with Crippen LogP contribution in [0.2, 0.25) is 0 Å². The standard InChI is InChI=1S/C20H30N4O/c1-14(2)19(16-10-8-7-9-11-16)21-13-18(25)22-17-12-15(3)23-24(17)20(4,5)6/h7-12,14,19,21H,13H2,1-6H3,(H,22,25). The summed E-state index contributed by atoms with van der Waals surface area (Å²) in [6.45, 7) is 12.7. The van der Waals surface area contributed by atoms with Crippen LogP contribution in [0.5, 0.6) is 0 Å². The molecular weight excluding hydrogens is 312 g/mol. The van der Waals surface area contributed by atoms with Gasteiger partial charge in [0.2, 0.25) is 5.91 Å². The Kier molecular flexibility index (Phi) is 6.01. The molecule has 1 aromatic carbocycles. The summed E-state index contributed by atoms with van der Waals surface area (Å²) in [4.78, 5) is 12.4. The Labute approximate surface area is 150 Å². The van der Waals surface area contributed by atoms with Crippen LogP contribution >= 0.6 is 0 Å². The van der Waals surface area contributed by atoms with Crippen molar-refractivity contribution >= 4 is 11.7 Å². The summed E-state index contributed by atoms with van der Waals surface area (Å²) in [5.41, 5.74) is 1.90. The van der Waals surface area contributed by atoms with Gasteiger partial charge >= 0.3 is 0 Å². The molecule has 5 nitrogen and oxygen atoms in total. The second-order valence-electron chi connectivity index (χ2n) is 7.82. The molecule has 0 spiro atoms. The summed E-state index contributed by atoms with van der Waals surface area (Å²) in [7, 11) is 0. The van der Waals surface area contributed by atoms with Crippen molar-refractivity contribution in [3.8, 4) is 0 Å². The molecule has 25 heavy (non-hydrogen) atoms. The number of benzene rings is 1. The molecule has 1 unspecified atom stereocenters. The van der Waals surface area contributed by atoms with Crippen molar-refractivity contribution in [2.45, 2.75) is 53.1 Å². The highest BCUT2D eigenvalue weighted by atomic mass is 16.2. The van der Waals surface area contributed by atoms with Gasteiger partial charge in [-0.05, 0) is 39.2 Å². The molecule has 0 aliphatic heterocycles. The minimum Gasteiger partial charge on any atom is -0.310 e. The van der Waals surface area contributed by atoms with E-state index in [1.54, 1.807) is 0 Å². The molecular formula is C20H30N4O. The van der Waals surface area contributed by atoms with E-state index >= 15 is 0 Å². The molecule has 0 saturated heterocycles. The maximum Gasteiger partial charge on any atom is 0.239 e. The number of nitrogens with zero attached hydrogens (tertiary/aromatic N) is 2.